The van der Waals surface area contributed by atoms with Crippen LogP contribution in [0.15, 0.2) is 23.1 Å². The smallest absolute Gasteiger partial charge is 0.0635 e. The number of hydrogen-bond donors (Lipinski definition) is 2. The van der Waals surface area contributed by atoms with Crippen molar-refractivity contribution < 1.29 is 4.21 Å². The maximum Gasteiger partial charge on any atom is 0.0635 e. The lowest BCUT2D eigenvalue weighted by Crippen LogP contribution is -2.43. The van der Waals surface area contributed by atoms with Crippen molar-refractivity contribution in [2.45, 2.75) is 4.90 Å². The van der Waals surface area contributed by atoms with Crippen LogP contribution in [0.25, 0.3) is 0 Å². The Morgan fingerprint density at radius 2 is 2.06 bits per heavy atom. The van der Waals surface area contributed by atoms with Gasteiger partial charge in [0.05, 0.1) is 15.7 Å². The largest absolute Gasteiger partial charge is 0.398 e. The number of nitrogens with one attached hydrogen (secondary N) is 1. The summed E-state index contributed by atoms with van der Waals surface area (Å²) >= 11 is 0. The van der Waals surface area contributed by atoms with Gasteiger partial charge in [0.25, 0.3) is 0 Å². The minimum Gasteiger partial charge on any atom is -0.398 e. The first-order chi connectivity index (χ1) is 7.68. The second kappa shape index (κ2) is 4.84. The topological polar surface area (TPSA) is 58.4 Å². The normalized spacial score (nSPS) is 18.4. The molecule has 4 nitrogen and oxygen atoms in total. The molecule has 1 aromatic carbocycles. The van der Waals surface area contributed by atoms with Crippen LogP contribution in [-0.2, 0) is 10.8 Å². The van der Waals surface area contributed by atoms with Gasteiger partial charge in [0.1, 0.15) is 0 Å². The van der Waals surface area contributed by atoms with Crippen LogP contribution in [0.2, 0.25) is 0 Å². The number of nitrogens with two attached hydrogens (primary N) is 1. The van der Waals surface area contributed by atoms with E-state index >= 15 is 0 Å². The van der Waals surface area contributed by atoms with Gasteiger partial charge in [-0.1, -0.05) is 0 Å². The zero-order chi connectivity index (χ0) is 11.5. The lowest BCUT2D eigenvalue weighted by atomic mass is 10.2. The first-order valence-corrected chi connectivity index (χ1v) is 6.93. The summed E-state index contributed by atoms with van der Waals surface area (Å²) in [6, 6.07) is 5.78. The van der Waals surface area contributed by atoms with Crippen molar-refractivity contribution in [3.05, 3.63) is 18.2 Å². The van der Waals surface area contributed by atoms with Crippen molar-refractivity contribution in [2.24, 2.45) is 0 Å². The number of rotatable bonds is 2. The number of piperazine rings is 1. The van der Waals surface area contributed by atoms with Crippen molar-refractivity contribution >= 4 is 22.2 Å². The molecule has 1 aliphatic heterocycles. The third-order valence-corrected chi connectivity index (χ3v) is 3.76. The zero-order valence-corrected chi connectivity index (χ0v) is 10.2. The predicted octanol–water partition coefficient (Wildman–Crippen LogP) is 0.416. The van der Waals surface area contributed by atoms with Gasteiger partial charge in [-0.25, -0.2) is 0 Å². The van der Waals surface area contributed by atoms with E-state index in [4.69, 9.17) is 5.73 Å². The Kier molecular flexibility index (Phi) is 3.46. The maximum absolute atomic E-state index is 11.5. The SMILES string of the molecule is CS(=O)c1cc(N2CCNCC2)ccc1N. The summed E-state index contributed by atoms with van der Waals surface area (Å²) in [5, 5.41) is 3.31. The molecular weight excluding hydrogens is 222 g/mol. The van der Waals surface area contributed by atoms with Crippen molar-refractivity contribution in [2.75, 3.05) is 43.1 Å². The maximum atomic E-state index is 11.5. The molecule has 0 bridgehead atoms. The fourth-order valence-corrected chi connectivity index (χ4v) is 2.58. The minimum absolute atomic E-state index is 0.611. The lowest BCUT2D eigenvalue weighted by molar-refractivity contribution is 0.589. The van der Waals surface area contributed by atoms with E-state index in [2.05, 4.69) is 10.2 Å². The van der Waals surface area contributed by atoms with E-state index in [1.54, 1.807) is 6.26 Å². The molecule has 88 valence electrons. The Morgan fingerprint density at radius 3 is 2.69 bits per heavy atom. The summed E-state index contributed by atoms with van der Waals surface area (Å²) in [5.41, 5.74) is 7.52. The molecule has 1 fully saturated rings. The number of benzene rings is 1. The third kappa shape index (κ3) is 2.36. The average Bonchev–Trinajstić information content (AvgIpc) is 2.30. The highest BCUT2D eigenvalue weighted by Gasteiger charge is 2.12. The van der Waals surface area contributed by atoms with Crippen molar-refractivity contribution in [1.82, 2.24) is 5.32 Å². The van der Waals surface area contributed by atoms with E-state index in [1.165, 1.54) is 0 Å². The van der Waals surface area contributed by atoms with E-state index in [0.29, 0.717) is 5.69 Å². The van der Waals surface area contributed by atoms with Crippen LogP contribution < -0.4 is 16.0 Å². The van der Waals surface area contributed by atoms with E-state index in [0.717, 1.165) is 36.8 Å². The zero-order valence-electron chi connectivity index (χ0n) is 9.40. The number of nitrogens with zero attached hydrogens (tertiary/aromatic N) is 1. The van der Waals surface area contributed by atoms with Crippen molar-refractivity contribution in [3.8, 4) is 0 Å². The summed E-state index contributed by atoms with van der Waals surface area (Å²) in [4.78, 5) is 3.02. The van der Waals surface area contributed by atoms with E-state index < -0.39 is 10.8 Å². The molecule has 0 aliphatic carbocycles. The molecule has 0 spiro atoms. The summed E-state index contributed by atoms with van der Waals surface area (Å²) in [7, 11) is -1.02. The van der Waals surface area contributed by atoms with Gasteiger partial charge in [0, 0.05) is 43.8 Å². The molecule has 0 amide bonds. The van der Waals surface area contributed by atoms with Crippen LogP contribution >= 0.6 is 0 Å². The molecule has 1 aromatic rings. The molecule has 1 unspecified atom stereocenters. The van der Waals surface area contributed by atoms with Crippen LogP contribution in [0.1, 0.15) is 0 Å². The third-order valence-electron chi connectivity index (χ3n) is 2.79. The van der Waals surface area contributed by atoms with Crippen molar-refractivity contribution in [3.63, 3.8) is 0 Å². The molecule has 1 saturated heterocycles. The highest BCUT2D eigenvalue weighted by Crippen LogP contribution is 2.23. The molecule has 0 saturated carbocycles. The Hall–Kier alpha value is -1.07. The van der Waals surface area contributed by atoms with E-state index in [1.807, 2.05) is 18.2 Å². The molecular formula is C11H17N3OS. The summed E-state index contributed by atoms with van der Waals surface area (Å²) < 4.78 is 11.5. The Morgan fingerprint density at radius 1 is 1.38 bits per heavy atom. The fourth-order valence-electron chi connectivity index (χ4n) is 1.89. The molecule has 1 atom stereocenters. The molecule has 1 aliphatic rings. The van der Waals surface area contributed by atoms with Crippen LogP contribution in [0, 0.1) is 0 Å². The van der Waals surface area contributed by atoms with Crippen LogP contribution in [0.4, 0.5) is 11.4 Å². The molecule has 16 heavy (non-hydrogen) atoms. The van der Waals surface area contributed by atoms with E-state index in [9.17, 15) is 4.21 Å². The first kappa shape index (κ1) is 11.4. The van der Waals surface area contributed by atoms with Gasteiger partial charge in [0.15, 0.2) is 0 Å². The summed E-state index contributed by atoms with van der Waals surface area (Å²) in [6.07, 6.45) is 1.66. The highest BCUT2D eigenvalue weighted by molar-refractivity contribution is 7.84. The second-order valence-corrected chi connectivity index (χ2v) is 5.26. The van der Waals surface area contributed by atoms with Crippen LogP contribution in [0.5, 0.6) is 0 Å². The highest BCUT2D eigenvalue weighted by atomic mass is 32.2. The minimum atomic E-state index is -1.02. The van der Waals surface area contributed by atoms with Gasteiger partial charge in [-0.15, -0.1) is 0 Å². The monoisotopic (exact) mass is 239 g/mol. The van der Waals surface area contributed by atoms with Gasteiger partial charge in [-0.05, 0) is 18.2 Å². The number of hydrogen-bond acceptors (Lipinski definition) is 4. The molecule has 1 heterocycles. The molecule has 2 rings (SSSR count). The van der Waals surface area contributed by atoms with Gasteiger partial charge in [0.2, 0.25) is 0 Å². The Labute approximate surface area is 98.3 Å². The fraction of sp³-hybridized carbons (Fsp3) is 0.455. The quantitative estimate of drug-likeness (QED) is 0.734. The van der Waals surface area contributed by atoms with Crippen molar-refractivity contribution in [1.29, 1.82) is 0 Å². The summed E-state index contributed by atoms with van der Waals surface area (Å²) in [5.74, 6) is 0. The van der Waals surface area contributed by atoms with E-state index in [-0.39, 0.29) is 0 Å². The number of nitrogen functional groups attached to an aromatic ring is 1. The van der Waals surface area contributed by atoms with Crippen LogP contribution in [0.3, 0.4) is 0 Å². The van der Waals surface area contributed by atoms with Gasteiger partial charge >= 0.3 is 0 Å². The standard InChI is InChI=1S/C11H17N3OS/c1-16(15)11-8-9(2-3-10(11)12)14-6-4-13-5-7-14/h2-3,8,13H,4-7,12H2,1H3. The predicted molar refractivity (Wildman–Crippen MR) is 68.3 cm³/mol. The van der Waals surface area contributed by atoms with Gasteiger partial charge < -0.3 is 16.0 Å². The molecule has 0 radical (unpaired) electrons. The number of anilines is 2. The molecule has 3 N–H and O–H groups in total. The average molecular weight is 239 g/mol. The summed E-state index contributed by atoms with van der Waals surface area (Å²) in [6.45, 7) is 3.96. The van der Waals surface area contributed by atoms with Crippen LogP contribution in [-0.4, -0.2) is 36.6 Å². The van der Waals surface area contributed by atoms with Gasteiger partial charge in [-0.2, -0.15) is 0 Å². The lowest BCUT2D eigenvalue weighted by Gasteiger charge is -2.29. The Balaban J connectivity index is 2.27. The first-order valence-electron chi connectivity index (χ1n) is 5.37. The second-order valence-electron chi connectivity index (χ2n) is 3.91. The molecule has 5 heteroatoms. The molecule has 0 aromatic heterocycles. The Bertz CT molecular complexity index is 402. The van der Waals surface area contributed by atoms with Gasteiger partial charge in [-0.3, -0.25) is 4.21 Å².